The predicted molar refractivity (Wildman–Crippen MR) is 190 cm³/mol. The number of carbonyl (C=O) groups excluding carboxylic acids is 2. The second-order valence-electron chi connectivity index (χ2n) is 10.6. The van der Waals surface area contributed by atoms with Crippen molar-refractivity contribution in [1.29, 1.82) is 0 Å². The van der Waals surface area contributed by atoms with Crippen molar-refractivity contribution in [2.45, 2.75) is 88.6 Å². The van der Waals surface area contributed by atoms with Crippen LogP contribution >= 0.6 is 45.1 Å². The van der Waals surface area contributed by atoms with E-state index in [1.165, 1.54) is 24.3 Å². The van der Waals surface area contributed by atoms with Crippen LogP contribution in [0, 0.1) is 0 Å². The maximum Gasteiger partial charge on any atom is 0.335 e. The average Bonchev–Trinajstić information content (AvgIpc) is 3.03. The zero-order valence-electron chi connectivity index (χ0n) is 25.8. The second-order valence-corrected chi connectivity index (χ2v) is 15.9. The average molecular weight is 679 g/mol. The Morgan fingerprint density at radius 2 is 0.864 bits per heavy atom. The number of thioether (sulfide) groups is 2. The standard InChI is InChI=1S/C34H46O6S4/c1-3-5-7-11-29(31(35)25-13-17-27(18-14-25)33(37)38)41-21-9-23-43-44-24-10-22-42-30(12-8-6-4-2)32(36)26-15-19-28(20-16-26)34(39)40/h13-20,29-30H,3-12,21-24H2,1-2H3,(H,37,38)(H,39,40). The van der Waals surface area contributed by atoms with Gasteiger partial charge >= 0.3 is 11.9 Å². The highest BCUT2D eigenvalue weighted by Crippen LogP contribution is 2.29. The van der Waals surface area contributed by atoms with Gasteiger partial charge in [-0.2, -0.15) is 23.5 Å². The molecule has 0 aliphatic heterocycles. The van der Waals surface area contributed by atoms with E-state index in [0.29, 0.717) is 11.1 Å². The van der Waals surface area contributed by atoms with Gasteiger partial charge in [0, 0.05) is 22.6 Å². The van der Waals surface area contributed by atoms with E-state index in [-0.39, 0.29) is 33.2 Å². The van der Waals surface area contributed by atoms with Crippen molar-refractivity contribution >= 4 is 68.6 Å². The van der Waals surface area contributed by atoms with Gasteiger partial charge in [0.1, 0.15) is 0 Å². The molecule has 0 spiro atoms. The maximum atomic E-state index is 13.1. The van der Waals surface area contributed by atoms with E-state index in [1.54, 1.807) is 47.8 Å². The van der Waals surface area contributed by atoms with Gasteiger partial charge in [0.15, 0.2) is 11.6 Å². The molecule has 10 heteroatoms. The fraction of sp³-hybridized carbons (Fsp3) is 0.529. The Labute approximate surface area is 279 Å². The van der Waals surface area contributed by atoms with E-state index in [1.807, 2.05) is 21.6 Å². The highest BCUT2D eigenvalue weighted by atomic mass is 33.1. The highest BCUT2D eigenvalue weighted by molar-refractivity contribution is 8.76. The smallest absolute Gasteiger partial charge is 0.335 e. The maximum absolute atomic E-state index is 13.1. The fourth-order valence-corrected chi connectivity index (χ4v) is 9.44. The molecule has 0 aliphatic rings. The lowest BCUT2D eigenvalue weighted by Gasteiger charge is -2.16. The first-order valence-corrected chi connectivity index (χ1v) is 20.1. The van der Waals surface area contributed by atoms with Gasteiger partial charge in [-0.25, -0.2) is 9.59 Å². The largest absolute Gasteiger partial charge is 0.478 e. The molecule has 2 atom stereocenters. The van der Waals surface area contributed by atoms with E-state index in [9.17, 15) is 19.2 Å². The molecule has 2 rings (SSSR count). The highest BCUT2D eigenvalue weighted by Gasteiger charge is 2.22. The summed E-state index contributed by atoms with van der Waals surface area (Å²) in [6.45, 7) is 4.30. The van der Waals surface area contributed by atoms with E-state index in [2.05, 4.69) is 13.8 Å². The molecule has 0 amide bonds. The molecule has 6 nitrogen and oxygen atoms in total. The van der Waals surface area contributed by atoms with Crippen molar-refractivity contribution in [1.82, 2.24) is 0 Å². The van der Waals surface area contributed by atoms with Crippen LogP contribution in [0.25, 0.3) is 0 Å². The van der Waals surface area contributed by atoms with Crippen molar-refractivity contribution < 1.29 is 29.4 Å². The van der Waals surface area contributed by atoms with Crippen molar-refractivity contribution in [2.75, 3.05) is 23.0 Å². The Morgan fingerprint density at radius 3 is 1.18 bits per heavy atom. The van der Waals surface area contributed by atoms with Crippen LogP contribution in [-0.2, 0) is 0 Å². The number of aromatic carboxylic acids is 2. The van der Waals surface area contributed by atoms with Crippen molar-refractivity contribution in [3.05, 3.63) is 70.8 Å². The Kier molecular flexibility index (Phi) is 19.7. The normalized spacial score (nSPS) is 12.5. The number of carbonyl (C=O) groups is 4. The minimum absolute atomic E-state index is 0.0892. The molecule has 2 aromatic rings. The number of ketones is 2. The van der Waals surface area contributed by atoms with Gasteiger partial charge in [-0.05, 0) is 61.5 Å². The van der Waals surface area contributed by atoms with Crippen LogP contribution in [-0.4, -0.2) is 67.2 Å². The van der Waals surface area contributed by atoms with Crippen LogP contribution < -0.4 is 0 Å². The molecule has 0 saturated heterocycles. The molecule has 2 aromatic carbocycles. The second kappa shape index (κ2) is 22.6. The van der Waals surface area contributed by atoms with Crippen molar-refractivity contribution in [3.8, 4) is 0 Å². The molecule has 0 aromatic heterocycles. The summed E-state index contributed by atoms with van der Waals surface area (Å²) in [5, 5.41) is 18.1. The Morgan fingerprint density at radius 1 is 0.523 bits per heavy atom. The third kappa shape index (κ3) is 14.5. The quantitative estimate of drug-likeness (QED) is 0.0598. The molecular weight excluding hydrogens is 633 g/mol. The van der Waals surface area contributed by atoms with Crippen LogP contribution in [0.1, 0.15) is 119 Å². The lowest BCUT2D eigenvalue weighted by molar-refractivity contribution is 0.0686. The monoisotopic (exact) mass is 678 g/mol. The minimum Gasteiger partial charge on any atom is -0.478 e. The molecule has 0 aliphatic carbocycles. The summed E-state index contributed by atoms with van der Waals surface area (Å²) in [5.74, 6) is 2.04. The number of rotatable bonds is 25. The van der Waals surface area contributed by atoms with Crippen LogP contribution in [0.2, 0.25) is 0 Å². The Bertz CT molecular complexity index is 1060. The first-order chi connectivity index (χ1) is 21.3. The first-order valence-electron chi connectivity index (χ1n) is 15.5. The topological polar surface area (TPSA) is 109 Å². The lowest BCUT2D eigenvalue weighted by Crippen LogP contribution is -2.18. The minimum atomic E-state index is -0.990. The fourth-order valence-electron chi connectivity index (χ4n) is 4.47. The molecule has 0 radical (unpaired) electrons. The van der Waals surface area contributed by atoms with Gasteiger partial charge in [0.2, 0.25) is 0 Å². The van der Waals surface area contributed by atoms with Crippen molar-refractivity contribution in [2.24, 2.45) is 0 Å². The third-order valence-electron chi connectivity index (χ3n) is 7.02. The van der Waals surface area contributed by atoms with Crippen LogP contribution in [0.3, 0.4) is 0 Å². The van der Waals surface area contributed by atoms with Gasteiger partial charge < -0.3 is 10.2 Å². The van der Waals surface area contributed by atoms with Crippen LogP contribution in [0.15, 0.2) is 48.5 Å². The van der Waals surface area contributed by atoms with Gasteiger partial charge in [-0.15, -0.1) is 0 Å². The lowest BCUT2D eigenvalue weighted by atomic mass is 10.0. The van der Waals surface area contributed by atoms with E-state index in [4.69, 9.17) is 10.2 Å². The van der Waals surface area contributed by atoms with Gasteiger partial charge in [0.25, 0.3) is 0 Å². The molecule has 2 N–H and O–H groups in total. The number of hydrogen-bond donors (Lipinski definition) is 2. The molecule has 0 fully saturated rings. The number of carboxylic acid groups (broad SMARTS) is 2. The summed E-state index contributed by atoms with van der Waals surface area (Å²) in [4.78, 5) is 48.6. The zero-order valence-corrected chi connectivity index (χ0v) is 29.1. The van der Waals surface area contributed by atoms with E-state index < -0.39 is 11.9 Å². The van der Waals surface area contributed by atoms with Crippen molar-refractivity contribution in [3.63, 3.8) is 0 Å². The predicted octanol–water partition coefficient (Wildman–Crippen LogP) is 9.67. The van der Waals surface area contributed by atoms with Gasteiger partial charge in [0.05, 0.1) is 21.6 Å². The Balaban J connectivity index is 1.70. The molecule has 0 heterocycles. The van der Waals surface area contributed by atoms with Gasteiger partial charge in [-0.1, -0.05) is 98.2 Å². The SMILES string of the molecule is CCCCCC(SCCCSSCCCSC(CCCCC)C(=O)c1ccc(C(=O)O)cc1)C(=O)c1ccc(C(=O)O)cc1. The summed E-state index contributed by atoms with van der Waals surface area (Å²) in [6, 6.07) is 12.5. The molecule has 44 heavy (non-hydrogen) atoms. The Hall–Kier alpha value is -1.88. The summed E-state index contributed by atoms with van der Waals surface area (Å²) in [6.07, 6.45) is 10.1. The number of hydrogen-bond acceptors (Lipinski definition) is 8. The molecule has 2 unspecified atom stereocenters. The molecule has 0 saturated carbocycles. The molecule has 242 valence electrons. The number of unbranched alkanes of at least 4 members (excludes halogenated alkanes) is 4. The summed E-state index contributed by atoms with van der Waals surface area (Å²) >= 11 is 3.44. The van der Waals surface area contributed by atoms with E-state index in [0.717, 1.165) is 87.2 Å². The summed E-state index contributed by atoms with van der Waals surface area (Å²) in [5.41, 5.74) is 1.54. The first kappa shape index (κ1) is 38.3. The zero-order chi connectivity index (χ0) is 32.2. The van der Waals surface area contributed by atoms with Crippen LogP contribution in [0.5, 0.6) is 0 Å². The molecule has 0 bridgehead atoms. The number of carboxylic acids is 2. The van der Waals surface area contributed by atoms with Crippen LogP contribution in [0.4, 0.5) is 0 Å². The number of benzene rings is 2. The summed E-state index contributed by atoms with van der Waals surface area (Å²) < 4.78 is 0. The number of Topliss-reactive ketones (excluding diaryl/α,β-unsaturated/α-hetero) is 2. The third-order valence-corrected chi connectivity index (χ3v) is 12.4. The summed E-state index contributed by atoms with van der Waals surface area (Å²) in [7, 11) is 3.71. The van der Waals surface area contributed by atoms with Gasteiger partial charge in [-0.3, -0.25) is 9.59 Å². The van der Waals surface area contributed by atoms with E-state index >= 15 is 0 Å². The molecular formula is C34H46O6S4.